The van der Waals surface area contributed by atoms with E-state index in [0.717, 1.165) is 133 Å². The summed E-state index contributed by atoms with van der Waals surface area (Å²) >= 11 is 0. The van der Waals surface area contributed by atoms with Gasteiger partial charge in [-0.15, -0.1) is 6.58 Å². The molecule has 0 N–H and O–H groups in total. The second kappa shape index (κ2) is 47.7. The monoisotopic (exact) mass is 2060 g/mol. The van der Waals surface area contributed by atoms with Crippen molar-refractivity contribution >= 4 is 52.6 Å². The first-order valence-electron chi connectivity index (χ1n) is 46.9. The van der Waals surface area contributed by atoms with Crippen molar-refractivity contribution in [1.82, 2.24) is 49.3 Å². The Balaban J connectivity index is 0.000000195. The van der Waals surface area contributed by atoms with E-state index in [1.165, 1.54) is 27.0 Å². The molecule has 0 aliphatic carbocycles. The number of alkyl halides is 17. The van der Waals surface area contributed by atoms with Crippen LogP contribution in [0.25, 0.3) is 0 Å². The number of pyridine rings is 4. The minimum absolute atomic E-state index is 0. The number of piperazine rings is 3. The number of likely N-dealkylation sites (tertiary alicyclic amines) is 3. The molecular formula is C103H112F17N13O13. The molecule has 0 radical (unpaired) electrons. The van der Waals surface area contributed by atoms with E-state index in [1.807, 2.05) is 70.5 Å². The van der Waals surface area contributed by atoms with Crippen molar-refractivity contribution in [3.8, 4) is 28.7 Å². The first-order valence-corrected chi connectivity index (χ1v) is 46.9. The molecule has 43 heteroatoms. The van der Waals surface area contributed by atoms with Crippen LogP contribution in [-0.4, -0.2) is 259 Å². The van der Waals surface area contributed by atoms with E-state index in [0.29, 0.717) is 116 Å². The minimum atomic E-state index is -4.87. The predicted octanol–water partition coefficient (Wildman–Crippen LogP) is 18.9. The van der Waals surface area contributed by atoms with Gasteiger partial charge in [-0.2, -0.15) is 65.9 Å². The highest BCUT2D eigenvalue weighted by Crippen LogP contribution is 2.47. The molecule has 15 rings (SSSR count). The van der Waals surface area contributed by atoms with Gasteiger partial charge in [0.05, 0.1) is 87.7 Å². The maximum absolute atomic E-state index is 14.8. The molecule has 6 fully saturated rings. The zero-order valence-electron chi connectivity index (χ0n) is 79.5. The van der Waals surface area contributed by atoms with Gasteiger partial charge in [0.1, 0.15) is 47.8 Å². The lowest BCUT2D eigenvalue weighted by Gasteiger charge is -2.51. The summed E-state index contributed by atoms with van der Waals surface area (Å²) in [6, 6.07) is 32.4. The molecule has 4 aromatic heterocycles. The third kappa shape index (κ3) is 26.2. The Morgan fingerprint density at radius 3 is 1.16 bits per heavy atom. The van der Waals surface area contributed by atoms with E-state index in [9.17, 15) is 103 Å². The van der Waals surface area contributed by atoms with E-state index in [1.54, 1.807) is 48.1 Å². The number of carbonyl (C=O) groups is 6. The number of carbonyl (C=O) groups excluding carboxylic acids is 6. The highest BCUT2D eigenvalue weighted by atomic mass is 19.4. The summed E-state index contributed by atoms with van der Waals surface area (Å²) in [4.78, 5) is 116. The Bertz CT molecular complexity index is 5890. The summed E-state index contributed by atoms with van der Waals surface area (Å²) in [6.07, 6.45) is -13.1. The van der Waals surface area contributed by atoms with Gasteiger partial charge in [-0.05, 0) is 166 Å². The third-order valence-corrected chi connectivity index (χ3v) is 25.9. The lowest BCUT2D eigenvalue weighted by atomic mass is 9.79. The molecule has 10 heterocycles. The average molecular weight is 2060 g/mol. The Hall–Kier alpha value is -13.6. The number of aromatic nitrogens is 4. The number of nitrogens with zero attached hydrogens (tertiary/aromatic N) is 13. The molecule has 3 unspecified atom stereocenters. The molecular weight excluding hydrogens is 1950 g/mol. The Morgan fingerprint density at radius 1 is 0.397 bits per heavy atom. The molecule has 5 atom stereocenters. The first-order chi connectivity index (χ1) is 69.0. The Kier molecular flexibility index (Phi) is 36.3. The maximum Gasteiger partial charge on any atom is 0.417 e. The van der Waals surface area contributed by atoms with Crippen LogP contribution in [0, 0.1) is 0 Å². The van der Waals surface area contributed by atoms with Crippen LogP contribution in [-0.2, 0) is 60.7 Å². The summed E-state index contributed by atoms with van der Waals surface area (Å²) in [5.74, 6) is -5.54. The molecule has 0 bridgehead atoms. The van der Waals surface area contributed by atoms with Gasteiger partial charge in [-0.1, -0.05) is 57.2 Å². The summed E-state index contributed by atoms with van der Waals surface area (Å²) in [7, 11) is 3.14. The summed E-state index contributed by atoms with van der Waals surface area (Å²) < 4.78 is 274. The van der Waals surface area contributed by atoms with Gasteiger partial charge in [0, 0.05) is 181 Å². The van der Waals surface area contributed by atoms with Crippen LogP contribution in [0.4, 0.5) is 91.8 Å². The number of halogens is 17. The fraction of sp³-hybridized carbons (Fsp3) is 0.437. The number of ether oxygens (including phenoxy) is 7. The molecule has 26 nitrogen and oxygen atoms in total. The molecule has 6 aliphatic rings. The zero-order valence-corrected chi connectivity index (χ0v) is 79.5. The maximum atomic E-state index is 14.8. The van der Waals surface area contributed by atoms with Gasteiger partial charge >= 0.3 is 30.9 Å². The highest BCUT2D eigenvalue weighted by molar-refractivity contribution is 5.99. The largest absolute Gasteiger partial charge is 0.489 e. The van der Waals surface area contributed by atoms with Crippen LogP contribution < -0.4 is 38.4 Å². The Labute approximate surface area is 832 Å². The van der Waals surface area contributed by atoms with Gasteiger partial charge in [-0.25, -0.2) is 13.8 Å². The quantitative estimate of drug-likeness (QED) is 0.0251. The second-order valence-corrected chi connectivity index (χ2v) is 35.3. The number of anilines is 3. The molecule has 6 amide bonds. The summed E-state index contributed by atoms with van der Waals surface area (Å²) in [5.41, 5.74) is -10.9. The molecule has 5 aromatic carbocycles. The smallest absolute Gasteiger partial charge is 0.417 e. The standard InChI is InChI=1S/C36H40F6N4O5.C36H38F6N4O5.C30H30F5N5O3.CH4/c2*1-3-7-31-34(51-26-12-10-25(11-13-26)35(37,38)39,15-6-17-46(31)32(47)27-24-43-16-14-28(27)36(40,41)42)33(48)45-20-18-44(19-21-45)29-8-4-5-9-30(29)50-23-22-49-2;1-28(31,32)24-10-13-36-19-23(24)26(41)40-14-4-11-29(20-40,43-22-8-6-21(7-9-22)30(33,34)35)27(42)39-17-15-38(16-18-39)25-5-2-3-12-37-25;/h4-5,8-14,16,24,31H,3,6-7,15,17-23H2,1-2H3;3-5,8-14,16,24,31H,1,6-7,15,17-23H2,2H3;2-3,5-10,12-13,19H,4,11,14-18,20H2,1H3;1H4/t2*31?,34-;;/m00../s1. The molecule has 6 saturated heterocycles. The Morgan fingerprint density at radius 2 is 0.774 bits per heavy atom. The molecule has 146 heavy (non-hydrogen) atoms. The van der Waals surface area contributed by atoms with Gasteiger partial charge in [-0.3, -0.25) is 43.7 Å². The molecule has 6 aliphatic heterocycles. The van der Waals surface area contributed by atoms with Crippen molar-refractivity contribution in [2.75, 3.05) is 160 Å². The van der Waals surface area contributed by atoms with Gasteiger partial charge in [0.25, 0.3) is 41.4 Å². The lowest BCUT2D eigenvalue weighted by Crippen LogP contribution is -2.69. The number of methoxy groups -OCH3 is 2. The first kappa shape index (κ1) is 111. The van der Waals surface area contributed by atoms with Gasteiger partial charge in [0.15, 0.2) is 0 Å². The summed E-state index contributed by atoms with van der Waals surface area (Å²) in [5, 5.41) is 0. The van der Waals surface area contributed by atoms with Crippen LogP contribution in [0.1, 0.15) is 144 Å². The minimum Gasteiger partial charge on any atom is -0.489 e. The van der Waals surface area contributed by atoms with Crippen LogP contribution in [0.3, 0.4) is 0 Å². The lowest BCUT2D eigenvalue weighted by molar-refractivity contribution is -0.160. The number of rotatable bonds is 28. The van der Waals surface area contributed by atoms with Crippen LogP contribution >= 0.6 is 0 Å². The van der Waals surface area contributed by atoms with Crippen LogP contribution in [0.5, 0.6) is 28.7 Å². The van der Waals surface area contributed by atoms with E-state index < -0.39 is 146 Å². The fourth-order valence-electron chi connectivity index (χ4n) is 18.9. The number of piperidine rings is 3. The second-order valence-electron chi connectivity index (χ2n) is 35.3. The van der Waals surface area contributed by atoms with E-state index >= 15 is 0 Å². The molecule has 786 valence electrons. The van der Waals surface area contributed by atoms with Gasteiger partial charge in [0.2, 0.25) is 16.8 Å². The van der Waals surface area contributed by atoms with E-state index in [2.05, 4.69) is 31.4 Å². The number of amides is 6. The molecule has 9 aromatic rings. The van der Waals surface area contributed by atoms with Crippen LogP contribution in [0.2, 0.25) is 0 Å². The van der Waals surface area contributed by atoms with Crippen molar-refractivity contribution < 1.29 is 137 Å². The van der Waals surface area contributed by atoms with Crippen molar-refractivity contribution in [3.63, 3.8) is 0 Å². The molecule has 0 spiro atoms. The van der Waals surface area contributed by atoms with E-state index in [4.69, 9.17) is 33.2 Å². The normalized spacial score (nSPS) is 19.7. The average Bonchev–Trinajstić information content (AvgIpc) is 0.749. The topological polar surface area (TPSA) is 248 Å². The third-order valence-electron chi connectivity index (χ3n) is 25.9. The number of benzene rings is 5. The van der Waals surface area contributed by atoms with Crippen molar-refractivity contribution in [1.29, 1.82) is 0 Å². The highest BCUT2D eigenvalue weighted by Gasteiger charge is 2.59. The zero-order chi connectivity index (χ0) is 104. The van der Waals surface area contributed by atoms with Crippen LogP contribution in [0.15, 0.2) is 214 Å². The van der Waals surface area contributed by atoms with Crippen molar-refractivity contribution in [2.24, 2.45) is 0 Å². The predicted molar refractivity (Wildman–Crippen MR) is 505 cm³/mol. The van der Waals surface area contributed by atoms with Gasteiger partial charge < -0.3 is 77.3 Å². The number of para-hydroxylation sites is 4. The number of hydrogen-bond acceptors (Lipinski definition) is 20. The van der Waals surface area contributed by atoms with Crippen molar-refractivity contribution in [2.45, 2.75) is 145 Å². The number of hydrogen-bond donors (Lipinski definition) is 0. The van der Waals surface area contributed by atoms with E-state index in [-0.39, 0.29) is 128 Å². The molecule has 0 saturated carbocycles. The SMILES string of the molecule is C.C=CCC1N(C(=O)c2cnccc2C(F)(F)F)CCC[C@@]1(Oc1ccc(C(F)(F)F)cc1)C(=O)N1CCN(c2ccccc2OCCOC)CC1.CC(F)(F)c1ccncc1C(=O)N1CCCC(Oc2ccc(C(F)(F)F)cc2)(C(=O)N2CCN(c3ccccn3)CC2)C1.CCCC1N(C(=O)c2cnccc2C(F)(F)F)CCC[C@@]1(Oc1ccc(C(F)(F)F)cc1)C(=O)N1CCN(c2ccccc2OCCOC)CC1. The summed E-state index contributed by atoms with van der Waals surface area (Å²) in [6.45, 7) is 11.7. The van der Waals surface area contributed by atoms with Crippen molar-refractivity contribution in [3.05, 3.63) is 264 Å². The fourth-order valence-corrected chi connectivity index (χ4v) is 18.9.